The Bertz CT molecular complexity index is 522. The van der Waals surface area contributed by atoms with Crippen molar-refractivity contribution in [3.05, 3.63) is 32.4 Å². The number of fused-ring (bicyclic) bond motifs is 1. The normalized spacial score (nSPS) is 20.7. The van der Waals surface area contributed by atoms with Crippen molar-refractivity contribution in [2.24, 2.45) is 0 Å². The van der Waals surface area contributed by atoms with E-state index in [-0.39, 0.29) is 6.04 Å². The SMILES string of the molecule is CC(NC1CCCc2sc(Br)cc21)c1ncn[nH]1. The first kappa shape index (κ1) is 12.3. The molecule has 4 nitrogen and oxygen atoms in total. The molecule has 0 saturated carbocycles. The molecule has 0 bridgehead atoms. The summed E-state index contributed by atoms with van der Waals surface area (Å²) in [6.45, 7) is 2.12. The molecule has 2 unspecified atom stereocenters. The van der Waals surface area contributed by atoms with Crippen molar-refractivity contribution in [1.29, 1.82) is 0 Å². The minimum Gasteiger partial charge on any atom is -0.301 e. The van der Waals surface area contributed by atoms with Crippen LogP contribution >= 0.6 is 27.3 Å². The van der Waals surface area contributed by atoms with Crippen LogP contribution < -0.4 is 5.32 Å². The van der Waals surface area contributed by atoms with E-state index >= 15 is 0 Å². The molecule has 2 N–H and O–H groups in total. The molecule has 1 aliphatic rings. The van der Waals surface area contributed by atoms with Crippen LogP contribution in [0.15, 0.2) is 16.2 Å². The van der Waals surface area contributed by atoms with E-state index in [4.69, 9.17) is 0 Å². The van der Waals surface area contributed by atoms with E-state index in [1.807, 2.05) is 11.3 Å². The minimum absolute atomic E-state index is 0.196. The number of aromatic nitrogens is 3. The van der Waals surface area contributed by atoms with Crippen LogP contribution in [0.2, 0.25) is 0 Å². The average Bonchev–Trinajstić information content (AvgIpc) is 2.96. The standard InChI is InChI=1S/C12H15BrN4S/c1-7(12-14-6-15-17-12)16-9-3-2-4-10-8(9)5-11(13)18-10/h5-7,9,16H,2-4H2,1H3,(H,14,15,17). The van der Waals surface area contributed by atoms with Crippen molar-refractivity contribution in [3.8, 4) is 0 Å². The Morgan fingerprint density at radius 2 is 2.50 bits per heavy atom. The lowest BCUT2D eigenvalue weighted by molar-refractivity contribution is 0.409. The Hall–Kier alpha value is -0.720. The van der Waals surface area contributed by atoms with Crippen LogP contribution in [0.4, 0.5) is 0 Å². The van der Waals surface area contributed by atoms with Gasteiger partial charge in [-0.3, -0.25) is 5.10 Å². The molecule has 1 aliphatic carbocycles. The van der Waals surface area contributed by atoms with E-state index in [0.717, 1.165) is 5.82 Å². The molecule has 0 spiro atoms. The molecule has 0 fully saturated rings. The lowest BCUT2D eigenvalue weighted by atomic mass is 9.93. The number of aryl methyl sites for hydroxylation is 1. The third-order valence-electron chi connectivity index (χ3n) is 3.38. The molecule has 96 valence electrons. The fraction of sp³-hybridized carbons (Fsp3) is 0.500. The predicted molar refractivity (Wildman–Crippen MR) is 75.6 cm³/mol. The molecule has 0 aromatic carbocycles. The highest BCUT2D eigenvalue weighted by Crippen LogP contribution is 2.38. The van der Waals surface area contributed by atoms with Gasteiger partial charge in [0.15, 0.2) is 0 Å². The highest BCUT2D eigenvalue weighted by Gasteiger charge is 2.24. The van der Waals surface area contributed by atoms with Crippen LogP contribution in [0.3, 0.4) is 0 Å². The highest BCUT2D eigenvalue weighted by molar-refractivity contribution is 9.11. The predicted octanol–water partition coefficient (Wildman–Crippen LogP) is 3.36. The zero-order valence-electron chi connectivity index (χ0n) is 10.1. The maximum Gasteiger partial charge on any atom is 0.141 e. The van der Waals surface area contributed by atoms with Crippen molar-refractivity contribution < 1.29 is 0 Å². The number of thiophene rings is 1. The van der Waals surface area contributed by atoms with Crippen LogP contribution in [0.5, 0.6) is 0 Å². The molecule has 2 aromatic rings. The Kier molecular flexibility index (Phi) is 3.50. The summed E-state index contributed by atoms with van der Waals surface area (Å²) < 4.78 is 1.23. The van der Waals surface area contributed by atoms with Gasteiger partial charge in [-0.15, -0.1) is 11.3 Å². The molecule has 2 atom stereocenters. The van der Waals surface area contributed by atoms with E-state index < -0.39 is 0 Å². The lowest BCUT2D eigenvalue weighted by Crippen LogP contribution is -2.27. The summed E-state index contributed by atoms with van der Waals surface area (Å²) >= 11 is 5.45. The molecule has 3 rings (SSSR count). The number of aromatic amines is 1. The molecular formula is C12H15BrN4S. The van der Waals surface area contributed by atoms with E-state index in [1.165, 1.54) is 33.5 Å². The smallest absolute Gasteiger partial charge is 0.141 e. The van der Waals surface area contributed by atoms with Crippen molar-refractivity contribution >= 4 is 27.3 Å². The third-order valence-corrected chi connectivity index (χ3v) is 5.09. The summed E-state index contributed by atoms with van der Waals surface area (Å²) in [6, 6.07) is 2.88. The minimum atomic E-state index is 0.196. The number of H-pyrrole nitrogens is 1. The molecule has 18 heavy (non-hydrogen) atoms. The number of nitrogens with zero attached hydrogens (tertiary/aromatic N) is 2. The van der Waals surface area contributed by atoms with Gasteiger partial charge in [-0.25, -0.2) is 4.98 Å². The number of hydrogen-bond donors (Lipinski definition) is 2. The van der Waals surface area contributed by atoms with E-state index in [1.54, 1.807) is 6.33 Å². The quantitative estimate of drug-likeness (QED) is 0.909. The van der Waals surface area contributed by atoms with Crippen LogP contribution in [0.25, 0.3) is 0 Å². The van der Waals surface area contributed by atoms with Crippen molar-refractivity contribution in [3.63, 3.8) is 0 Å². The van der Waals surface area contributed by atoms with Gasteiger partial charge in [-0.05, 0) is 53.7 Å². The second-order valence-electron chi connectivity index (χ2n) is 4.63. The maximum atomic E-state index is 4.21. The van der Waals surface area contributed by atoms with Gasteiger partial charge in [0.1, 0.15) is 12.2 Å². The Balaban J connectivity index is 1.78. The second-order valence-corrected chi connectivity index (χ2v) is 7.15. The largest absolute Gasteiger partial charge is 0.301 e. The lowest BCUT2D eigenvalue weighted by Gasteiger charge is -2.26. The molecule has 0 saturated heterocycles. The maximum absolute atomic E-state index is 4.21. The zero-order chi connectivity index (χ0) is 12.5. The van der Waals surface area contributed by atoms with Crippen LogP contribution in [0, 0.1) is 0 Å². The number of halogens is 1. The Morgan fingerprint density at radius 1 is 1.61 bits per heavy atom. The summed E-state index contributed by atoms with van der Waals surface area (Å²) in [5.74, 6) is 0.899. The van der Waals surface area contributed by atoms with Crippen molar-refractivity contribution in [2.75, 3.05) is 0 Å². The average molecular weight is 327 g/mol. The molecule has 0 radical (unpaired) electrons. The van der Waals surface area contributed by atoms with E-state index in [0.29, 0.717) is 6.04 Å². The van der Waals surface area contributed by atoms with Crippen molar-refractivity contribution in [1.82, 2.24) is 20.5 Å². The number of hydrogen-bond acceptors (Lipinski definition) is 4. The molecule has 6 heteroatoms. The first-order chi connectivity index (χ1) is 8.74. The first-order valence-electron chi connectivity index (χ1n) is 6.13. The number of rotatable bonds is 3. The van der Waals surface area contributed by atoms with Gasteiger partial charge in [0.2, 0.25) is 0 Å². The van der Waals surface area contributed by atoms with E-state index in [2.05, 4.69) is 49.4 Å². The van der Waals surface area contributed by atoms with Crippen LogP contribution in [-0.2, 0) is 6.42 Å². The summed E-state index contributed by atoms with van der Waals surface area (Å²) in [6.07, 6.45) is 5.21. The second kappa shape index (κ2) is 5.11. The monoisotopic (exact) mass is 326 g/mol. The molecule has 2 aromatic heterocycles. The van der Waals surface area contributed by atoms with Crippen LogP contribution in [-0.4, -0.2) is 15.2 Å². The fourth-order valence-corrected chi connectivity index (χ4v) is 4.32. The van der Waals surface area contributed by atoms with Gasteiger partial charge >= 0.3 is 0 Å². The summed E-state index contributed by atoms with van der Waals surface area (Å²) in [5.41, 5.74) is 1.45. The van der Waals surface area contributed by atoms with Crippen LogP contribution in [0.1, 0.15) is 48.1 Å². The zero-order valence-corrected chi connectivity index (χ0v) is 12.5. The molecular weight excluding hydrogens is 312 g/mol. The van der Waals surface area contributed by atoms with Gasteiger partial charge < -0.3 is 5.32 Å². The van der Waals surface area contributed by atoms with Gasteiger partial charge in [0.05, 0.1) is 9.83 Å². The Labute approximate surface area is 118 Å². The van der Waals surface area contributed by atoms with Gasteiger partial charge in [0.25, 0.3) is 0 Å². The van der Waals surface area contributed by atoms with Crippen molar-refractivity contribution in [2.45, 2.75) is 38.3 Å². The third kappa shape index (κ3) is 2.37. The summed E-state index contributed by atoms with van der Waals surface area (Å²) in [4.78, 5) is 5.72. The van der Waals surface area contributed by atoms with E-state index in [9.17, 15) is 0 Å². The highest BCUT2D eigenvalue weighted by atomic mass is 79.9. The summed E-state index contributed by atoms with van der Waals surface area (Å²) in [5, 5.41) is 10.5. The molecule has 0 aliphatic heterocycles. The van der Waals surface area contributed by atoms with Gasteiger partial charge in [-0.1, -0.05) is 0 Å². The Morgan fingerprint density at radius 3 is 3.28 bits per heavy atom. The molecule has 2 heterocycles. The first-order valence-corrected chi connectivity index (χ1v) is 7.74. The number of nitrogens with one attached hydrogen (secondary N) is 2. The topological polar surface area (TPSA) is 53.6 Å². The van der Waals surface area contributed by atoms with Gasteiger partial charge in [0, 0.05) is 10.9 Å². The fourth-order valence-electron chi connectivity index (χ4n) is 2.50. The van der Waals surface area contributed by atoms with Gasteiger partial charge in [-0.2, -0.15) is 5.10 Å². The summed E-state index contributed by atoms with van der Waals surface area (Å²) in [7, 11) is 0. The molecule has 0 amide bonds.